The molecule has 1 unspecified atom stereocenters. The first-order valence-corrected chi connectivity index (χ1v) is 9.86. The predicted molar refractivity (Wildman–Crippen MR) is 104 cm³/mol. The van der Waals surface area contributed by atoms with Crippen LogP contribution in [0.2, 0.25) is 0 Å². The normalized spacial score (nSPS) is 15.2. The number of carbonyl (C=O) groups excluding carboxylic acids is 1. The lowest BCUT2D eigenvalue weighted by Crippen LogP contribution is -2.31. The Morgan fingerprint density at radius 2 is 2.10 bits per heavy atom. The largest absolute Gasteiger partial charge is 0.346 e. The summed E-state index contributed by atoms with van der Waals surface area (Å²) in [5.74, 6) is -0.0355. The van der Waals surface area contributed by atoms with Crippen molar-refractivity contribution < 1.29 is 13.6 Å². The molecule has 0 saturated heterocycles. The lowest BCUT2D eigenvalue weighted by atomic mass is 10.1. The van der Waals surface area contributed by atoms with E-state index in [-0.39, 0.29) is 30.0 Å². The van der Waals surface area contributed by atoms with E-state index in [1.54, 1.807) is 13.1 Å². The van der Waals surface area contributed by atoms with E-state index in [1.165, 1.54) is 10.7 Å². The van der Waals surface area contributed by atoms with Gasteiger partial charge in [0.05, 0.1) is 22.8 Å². The maximum atomic E-state index is 13.7. The number of amides is 1. The van der Waals surface area contributed by atoms with Crippen molar-refractivity contribution in [2.75, 3.05) is 0 Å². The van der Waals surface area contributed by atoms with Crippen LogP contribution in [0, 0.1) is 6.92 Å². The third-order valence-corrected chi connectivity index (χ3v) is 5.32. The minimum Gasteiger partial charge on any atom is -0.346 e. The highest BCUT2D eigenvalue weighted by Gasteiger charge is 2.29. The van der Waals surface area contributed by atoms with Crippen LogP contribution < -0.4 is 5.32 Å². The molecule has 3 aromatic rings. The molecule has 0 spiro atoms. The Bertz CT molecular complexity index is 1050. The van der Waals surface area contributed by atoms with Gasteiger partial charge >= 0.3 is 0 Å². The van der Waals surface area contributed by atoms with Crippen LogP contribution in [0.25, 0.3) is 11.0 Å². The van der Waals surface area contributed by atoms with Crippen molar-refractivity contribution in [2.45, 2.75) is 65.1 Å². The zero-order valence-corrected chi connectivity index (χ0v) is 16.7. The molecule has 0 radical (unpaired) electrons. The fraction of sp³-hybridized carbons (Fsp3) is 0.500. The molecule has 1 amide bonds. The molecule has 1 fully saturated rings. The van der Waals surface area contributed by atoms with Gasteiger partial charge in [-0.2, -0.15) is 10.2 Å². The molecule has 154 valence electrons. The number of nitrogens with zero attached hydrogens (tertiary/aromatic N) is 5. The van der Waals surface area contributed by atoms with Gasteiger partial charge in [0.15, 0.2) is 5.65 Å². The molecule has 1 N–H and O–H groups in total. The minimum atomic E-state index is -2.61. The monoisotopic (exact) mass is 402 g/mol. The maximum Gasteiger partial charge on any atom is 0.264 e. The topological polar surface area (TPSA) is 77.6 Å². The highest BCUT2D eigenvalue weighted by atomic mass is 19.3. The zero-order valence-electron chi connectivity index (χ0n) is 16.7. The van der Waals surface area contributed by atoms with E-state index in [2.05, 4.69) is 20.5 Å². The SMILES string of the molecule is CCn1nccc1C(C)NC(=O)Cn1nc(C)c2c(C(F)F)cc(C3CC3)nc21. The molecule has 1 atom stereocenters. The molecule has 29 heavy (non-hydrogen) atoms. The van der Waals surface area contributed by atoms with E-state index >= 15 is 0 Å². The van der Waals surface area contributed by atoms with E-state index in [0.717, 1.165) is 18.5 Å². The van der Waals surface area contributed by atoms with Crippen LogP contribution in [0.5, 0.6) is 0 Å². The van der Waals surface area contributed by atoms with Gasteiger partial charge in [0.1, 0.15) is 6.54 Å². The summed E-state index contributed by atoms with van der Waals surface area (Å²) in [4.78, 5) is 17.2. The fourth-order valence-electron chi connectivity index (χ4n) is 3.75. The Hall–Kier alpha value is -2.84. The molecule has 1 aliphatic rings. The van der Waals surface area contributed by atoms with Crippen molar-refractivity contribution in [3.05, 3.63) is 41.0 Å². The number of hydrogen-bond acceptors (Lipinski definition) is 4. The van der Waals surface area contributed by atoms with E-state index in [1.807, 2.05) is 24.6 Å². The Balaban J connectivity index is 1.61. The van der Waals surface area contributed by atoms with Crippen LogP contribution in [0.3, 0.4) is 0 Å². The summed E-state index contributed by atoms with van der Waals surface area (Å²) in [6.45, 7) is 6.15. The number of nitrogens with one attached hydrogen (secondary N) is 1. The standard InChI is InChI=1S/C20H24F2N6O/c1-4-27-16(7-8-23-27)11(2)24-17(29)10-28-20-18(12(3)26-28)14(19(21)22)9-15(25-20)13-5-6-13/h7-9,11,13,19H,4-6,10H2,1-3H3,(H,24,29). The predicted octanol–water partition coefficient (Wildman–Crippen LogP) is 3.65. The minimum absolute atomic E-state index is 0.0544. The van der Waals surface area contributed by atoms with Crippen LogP contribution in [-0.4, -0.2) is 30.5 Å². The first kappa shape index (κ1) is 19.5. The number of hydrogen-bond donors (Lipinski definition) is 1. The number of pyridine rings is 1. The lowest BCUT2D eigenvalue weighted by molar-refractivity contribution is -0.122. The number of aromatic nitrogens is 5. The lowest BCUT2D eigenvalue weighted by Gasteiger charge is -2.15. The smallest absolute Gasteiger partial charge is 0.264 e. The van der Waals surface area contributed by atoms with Crippen LogP contribution >= 0.6 is 0 Å². The molecule has 4 rings (SSSR count). The maximum absolute atomic E-state index is 13.7. The highest BCUT2D eigenvalue weighted by molar-refractivity contribution is 5.85. The summed E-state index contributed by atoms with van der Waals surface area (Å²) in [6.07, 6.45) is 0.994. The fourth-order valence-corrected chi connectivity index (χ4v) is 3.75. The van der Waals surface area contributed by atoms with Crippen LogP contribution in [0.1, 0.15) is 67.7 Å². The Morgan fingerprint density at radius 1 is 1.34 bits per heavy atom. The van der Waals surface area contributed by atoms with E-state index in [9.17, 15) is 13.6 Å². The molecule has 0 bridgehead atoms. The molecule has 9 heteroatoms. The van der Waals surface area contributed by atoms with Crippen LogP contribution in [0.4, 0.5) is 8.78 Å². The molecule has 3 aromatic heterocycles. The van der Waals surface area contributed by atoms with Gasteiger partial charge in [-0.25, -0.2) is 18.4 Å². The van der Waals surface area contributed by atoms with Crippen molar-refractivity contribution in [1.82, 2.24) is 29.9 Å². The number of rotatable bonds is 7. The van der Waals surface area contributed by atoms with Crippen LogP contribution in [-0.2, 0) is 17.9 Å². The Labute approximate surface area is 167 Å². The number of aryl methyl sites for hydroxylation is 2. The van der Waals surface area contributed by atoms with Crippen molar-refractivity contribution >= 4 is 16.9 Å². The number of fused-ring (bicyclic) bond motifs is 1. The third kappa shape index (κ3) is 3.73. The molecule has 3 heterocycles. The van der Waals surface area contributed by atoms with Gasteiger partial charge < -0.3 is 5.32 Å². The number of carbonyl (C=O) groups is 1. The molecular formula is C20H24F2N6O. The number of alkyl halides is 2. The summed E-state index contributed by atoms with van der Waals surface area (Å²) in [5.41, 5.74) is 2.31. The van der Waals surface area contributed by atoms with Gasteiger partial charge in [-0.15, -0.1) is 0 Å². The second-order valence-electron chi connectivity index (χ2n) is 7.51. The summed E-state index contributed by atoms with van der Waals surface area (Å²) in [5, 5.41) is 11.8. The molecule has 1 saturated carbocycles. The van der Waals surface area contributed by atoms with Gasteiger partial charge in [-0.05, 0) is 45.7 Å². The van der Waals surface area contributed by atoms with Gasteiger partial charge in [0.2, 0.25) is 5.91 Å². The van der Waals surface area contributed by atoms with E-state index in [0.29, 0.717) is 29.0 Å². The van der Waals surface area contributed by atoms with Gasteiger partial charge in [0, 0.05) is 29.9 Å². The zero-order chi connectivity index (χ0) is 20.7. The Morgan fingerprint density at radius 3 is 2.76 bits per heavy atom. The molecular weight excluding hydrogens is 378 g/mol. The summed E-state index contributed by atoms with van der Waals surface area (Å²) in [6, 6.07) is 3.12. The van der Waals surface area contributed by atoms with Crippen molar-refractivity contribution in [3.8, 4) is 0 Å². The summed E-state index contributed by atoms with van der Waals surface area (Å²) in [7, 11) is 0. The van der Waals surface area contributed by atoms with Crippen molar-refractivity contribution in [3.63, 3.8) is 0 Å². The average Bonchev–Trinajstić information content (AvgIpc) is 3.34. The molecule has 1 aliphatic carbocycles. The van der Waals surface area contributed by atoms with E-state index in [4.69, 9.17) is 0 Å². The van der Waals surface area contributed by atoms with Gasteiger partial charge in [-0.3, -0.25) is 9.48 Å². The summed E-state index contributed by atoms with van der Waals surface area (Å²) < 4.78 is 30.6. The highest BCUT2D eigenvalue weighted by Crippen LogP contribution is 2.41. The van der Waals surface area contributed by atoms with Gasteiger partial charge in [0.25, 0.3) is 6.43 Å². The number of halogens is 2. The third-order valence-electron chi connectivity index (χ3n) is 5.32. The summed E-state index contributed by atoms with van der Waals surface area (Å²) >= 11 is 0. The van der Waals surface area contributed by atoms with Crippen LogP contribution in [0.15, 0.2) is 18.3 Å². The van der Waals surface area contributed by atoms with Crippen molar-refractivity contribution in [2.24, 2.45) is 0 Å². The molecule has 0 aliphatic heterocycles. The Kier molecular flexibility index (Phi) is 5.06. The first-order valence-electron chi connectivity index (χ1n) is 9.86. The second kappa shape index (κ2) is 7.53. The van der Waals surface area contributed by atoms with Crippen molar-refractivity contribution in [1.29, 1.82) is 0 Å². The first-order chi connectivity index (χ1) is 13.9. The van der Waals surface area contributed by atoms with E-state index < -0.39 is 6.43 Å². The quantitative estimate of drug-likeness (QED) is 0.654. The molecule has 0 aromatic carbocycles. The van der Waals surface area contributed by atoms with Gasteiger partial charge in [-0.1, -0.05) is 0 Å². The second-order valence-corrected chi connectivity index (χ2v) is 7.51. The average molecular weight is 402 g/mol. The molecule has 7 nitrogen and oxygen atoms in total.